The number of rotatable bonds is 5. The molecule has 0 unspecified atom stereocenters. The highest BCUT2D eigenvalue weighted by Gasteiger charge is 2.15. The van der Waals surface area contributed by atoms with Crippen LogP contribution in [0.2, 0.25) is 0 Å². The number of piperidine rings is 1. The van der Waals surface area contributed by atoms with Crippen LogP contribution >= 0.6 is 0 Å². The molecule has 3 rings (SSSR count). The molecule has 0 bridgehead atoms. The van der Waals surface area contributed by atoms with Crippen LogP contribution in [-0.4, -0.2) is 30.6 Å². The Morgan fingerprint density at radius 2 is 2.04 bits per heavy atom. The van der Waals surface area contributed by atoms with Crippen molar-refractivity contribution in [2.45, 2.75) is 19.3 Å². The van der Waals surface area contributed by atoms with E-state index >= 15 is 0 Å². The van der Waals surface area contributed by atoms with E-state index < -0.39 is 0 Å². The number of pyridine rings is 1. The van der Waals surface area contributed by atoms with Gasteiger partial charge in [0.1, 0.15) is 5.82 Å². The molecule has 1 fully saturated rings. The van der Waals surface area contributed by atoms with Crippen molar-refractivity contribution in [3.05, 3.63) is 48.4 Å². The Bertz CT molecular complexity index is 688. The summed E-state index contributed by atoms with van der Waals surface area (Å²) in [6, 6.07) is 9.99. The molecule has 6 heteroatoms. The SMILES string of the molecule is O=C(COc1ccccn1)Nc1ccc(N2CCCCC2)c(F)c1. The zero-order valence-electron chi connectivity index (χ0n) is 13.4. The highest BCUT2D eigenvalue weighted by atomic mass is 19.1. The van der Waals surface area contributed by atoms with Crippen LogP contribution in [0.1, 0.15) is 19.3 Å². The average molecular weight is 329 g/mol. The van der Waals surface area contributed by atoms with Gasteiger partial charge in [-0.05, 0) is 43.5 Å². The van der Waals surface area contributed by atoms with E-state index in [0.717, 1.165) is 25.9 Å². The van der Waals surface area contributed by atoms with E-state index in [2.05, 4.69) is 15.2 Å². The molecule has 0 aliphatic carbocycles. The van der Waals surface area contributed by atoms with Crippen molar-refractivity contribution >= 4 is 17.3 Å². The van der Waals surface area contributed by atoms with Gasteiger partial charge >= 0.3 is 0 Å². The molecule has 0 saturated carbocycles. The van der Waals surface area contributed by atoms with E-state index in [1.165, 1.54) is 12.5 Å². The highest BCUT2D eigenvalue weighted by Crippen LogP contribution is 2.25. The lowest BCUT2D eigenvalue weighted by molar-refractivity contribution is -0.118. The summed E-state index contributed by atoms with van der Waals surface area (Å²) < 4.78 is 19.6. The number of hydrogen-bond donors (Lipinski definition) is 1. The molecule has 24 heavy (non-hydrogen) atoms. The molecule has 0 spiro atoms. The van der Waals surface area contributed by atoms with E-state index in [9.17, 15) is 9.18 Å². The average Bonchev–Trinajstić information content (AvgIpc) is 2.62. The Kier molecular flexibility index (Phi) is 5.25. The third kappa shape index (κ3) is 4.22. The quantitative estimate of drug-likeness (QED) is 0.915. The summed E-state index contributed by atoms with van der Waals surface area (Å²) in [5.41, 5.74) is 1.01. The number of halogens is 1. The van der Waals surface area contributed by atoms with Gasteiger partial charge in [0.2, 0.25) is 5.88 Å². The Hall–Kier alpha value is -2.63. The van der Waals surface area contributed by atoms with Gasteiger partial charge in [-0.2, -0.15) is 0 Å². The second-order valence-electron chi connectivity index (χ2n) is 5.72. The first-order chi connectivity index (χ1) is 11.7. The van der Waals surface area contributed by atoms with E-state index in [4.69, 9.17) is 4.74 Å². The zero-order chi connectivity index (χ0) is 16.8. The summed E-state index contributed by atoms with van der Waals surface area (Å²) in [5, 5.41) is 2.63. The summed E-state index contributed by atoms with van der Waals surface area (Å²) in [4.78, 5) is 17.9. The lowest BCUT2D eigenvalue weighted by Crippen LogP contribution is -2.30. The number of amides is 1. The predicted molar refractivity (Wildman–Crippen MR) is 90.8 cm³/mol. The second kappa shape index (κ2) is 7.77. The normalized spacial score (nSPS) is 14.3. The number of ether oxygens (including phenoxy) is 1. The van der Waals surface area contributed by atoms with Crippen LogP contribution in [0.4, 0.5) is 15.8 Å². The van der Waals surface area contributed by atoms with E-state index in [1.54, 1.807) is 36.5 Å². The van der Waals surface area contributed by atoms with Gasteiger partial charge in [-0.15, -0.1) is 0 Å². The summed E-state index contributed by atoms with van der Waals surface area (Å²) in [6.45, 7) is 1.58. The van der Waals surface area contributed by atoms with Gasteiger partial charge in [0, 0.05) is 31.0 Å². The van der Waals surface area contributed by atoms with Crippen molar-refractivity contribution in [3.8, 4) is 5.88 Å². The van der Waals surface area contributed by atoms with Crippen LogP contribution in [-0.2, 0) is 4.79 Å². The van der Waals surface area contributed by atoms with Crippen LogP contribution in [0.15, 0.2) is 42.6 Å². The Morgan fingerprint density at radius 1 is 1.21 bits per heavy atom. The van der Waals surface area contributed by atoms with Crippen molar-refractivity contribution in [3.63, 3.8) is 0 Å². The lowest BCUT2D eigenvalue weighted by atomic mass is 10.1. The number of benzene rings is 1. The molecule has 1 aromatic carbocycles. The first-order valence-electron chi connectivity index (χ1n) is 8.10. The Labute approximate surface area is 140 Å². The fraction of sp³-hybridized carbons (Fsp3) is 0.333. The van der Waals surface area contributed by atoms with Crippen LogP contribution in [0, 0.1) is 5.82 Å². The van der Waals surface area contributed by atoms with Crippen LogP contribution in [0.3, 0.4) is 0 Å². The van der Waals surface area contributed by atoms with Gasteiger partial charge in [0.05, 0.1) is 5.69 Å². The standard InChI is InChI=1S/C18H20FN3O2/c19-15-12-14(7-8-16(15)22-10-4-1-5-11-22)21-17(23)13-24-18-6-2-3-9-20-18/h2-3,6-9,12H,1,4-5,10-11,13H2,(H,21,23). The molecular formula is C18H20FN3O2. The topological polar surface area (TPSA) is 54.5 Å². The summed E-state index contributed by atoms with van der Waals surface area (Å²) >= 11 is 0. The second-order valence-corrected chi connectivity index (χ2v) is 5.72. The third-order valence-corrected chi connectivity index (χ3v) is 3.92. The monoisotopic (exact) mass is 329 g/mol. The van der Waals surface area contributed by atoms with Gasteiger partial charge < -0.3 is 15.0 Å². The Morgan fingerprint density at radius 3 is 2.75 bits per heavy atom. The first kappa shape index (κ1) is 16.2. The molecule has 1 amide bonds. The van der Waals surface area contributed by atoms with Gasteiger partial charge in [-0.3, -0.25) is 4.79 Å². The maximum Gasteiger partial charge on any atom is 0.262 e. The molecule has 2 heterocycles. The van der Waals surface area contributed by atoms with Crippen LogP contribution in [0.25, 0.3) is 0 Å². The molecule has 1 aromatic heterocycles. The van der Waals surface area contributed by atoms with Gasteiger partial charge in [-0.1, -0.05) is 6.07 Å². The van der Waals surface area contributed by atoms with Crippen molar-refractivity contribution in [1.29, 1.82) is 0 Å². The minimum Gasteiger partial charge on any atom is -0.468 e. The predicted octanol–water partition coefficient (Wildman–Crippen LogP) is 3.23. The third-order valence-electron chi connectivity index (χ3n) is 3.92. The number of carbonyl (C=O) groups is 1. The van der Waals surface area contributed by atoms with E-state index in [-0.39, 0.29) is 18.3 Å². The lowest BCUT2D eigenvalue weighted by Gasteiger charge is -2.29. The number of aromatic nitrogens is 1. The minimum absolute atomic E-state index is 0.174. The molecule has 5 nitrogen and oxygen atoms in total. The number of anilines is 2. The highest BCUT2D eigenvalue weighted by molar-refractivity contribution is 5.92. The number of carbonyl (C=O) groups excluding carboxylic acids is 1. The fourth-order valence-electron chi connectivity index (χ4n) is 2.74. The van der Waals surface area contributed by atoms with Crippen LogP contribution < -0.4 is 15.0 Å². The van der Waals surface area contributed by atoms with Gasteiger partial charge in [0.25, 0.3) is 5.91 Å². The molecule has 1 aliphatic rings. The summed E-state index contributed by atoms with van der Waals surface area (Å²) in [5.74, 6) is -0.301. The smallest absolute Gasteiger partial charge is 0.262 e. The van der Waals surface area contributed by atoms with Crippen molar-refractivity contribution in [2.75, 3.05) is 29.9 Å². The van der Waals surface area contributed by atoms with Gasteiger partial charge in [0.15, 0.2) is 6.61 Å². The van der Waals surface area contributed by atoms with Crippen LogP contribution in [0.5, 0.6) is 5.88 Å². The largest absolute Gasteiger partial charge is 0.468 e. The van der Waals surface area contributed by atoms with Gasteiger partial charge in [-0.25, -0.2) is 9.37 Å². The van der Waals surface area contributed by atoms with Crippen molar-refractivity contribution in [2.24, 2.45) is 0 Å². The molecule has 126 valence electrons. The fourth-order valence-corrected chi connectivity index (χ4v) is 2.74. The summed E-state index contributed by atoms with van der Waals surface area (Å²) in [6.07, 6.45) is 4.95. The molecule has 1 aliphatic heterocycles. The molecular weight excluding hydrogens is 309 g/mol. The molecule has 0 radical (unpaired) electrons. The molecule has 1 saturated heterocycles. The van der Waals surface area contributed by atoms with Crippen molar-refractivity contribution in [1.82, 2.24) is 4.98 Å². The van der Waals surface area contributed by atoms with Crippen molar-refractivity contribution < 1.29 is 13.9 Å². The number of nitrogens with one attached hydrogen (secondary N) is 1. The van der Waals surface area contributed by atoms with E-state index in [0.29, 0.717) is 17.3 Å². The first-order valence-corrected chi connectivity index (χ1v) is 8.10. The maximum atomic E-state index is 14.3. The zero-order valence-corrected chi connectivity index (χ0v) is 13.4. The Balaban J connectivity index is 1.57. The van der Waals surface area contributed by atoms with E-state index in [1.807, 2.05) is 0 Å². The summed E-state index contributed by atoms with van der Waals surface area (Å²) in [7, 11) is 0. The number of nitrogens with zero attached hydrogens (tertiary/aromatic N) is 2. The maximum absolute atomic E-state index is 14.3. The molecule has 1 N–H and O–H groups in total. The minimum atomic E-state index is -0.356. The molecule has 2 aromatic rings. The molecule has 0 atom stereocenters. The number of hydrogen-bond acceptors (Lipinski definition) is 4.